The van der Waals surface area contributed by atoms with Crippen molar-refractivity contribution in [3.63, 3.8) is 0 Å². The number of alkyl halides is 3. The lowest BCUT2D eigenvalue weighted by Gasteiger charge is -2.02. The molecule has 0 fully saturated rings. The average Bonchev–Trinajstić information content (AvgIpc) is 3.15. The summed E-state index contributed by atoms with van der Waals surface area (Å²) in [6.07, 6.45) is 2.38. The van der Waals surface area contributed by atoms with Crippen molar-refractivity contribution in [2.45, 2.75) is 13.1 Å². The summed E-state index contributed by atoms with van der Waals surface area (Å²) in [7, 11) is 1.70. The molecule has 3 aromatic heterocycles. The number of pyridine rings is 1. The van der Waals surface area contributed by atoms with Crippen molar-refractivity contribution < 1.29 is 18.0 Å². The number of nitrogens with zero attached hydrogens (tertiary/aromatic N) is 5. The number of rotatable bonds is 3. The van der Waals surface area contributed by atoms with E-state index >= 15 is 0 Å². The molecule has 132 valence electrons. The largest absolute Gasteiger partial charge is 0.435 e. The maximum absolute atomic E-state index is 12.3. The maximum Gasteiger partial charge on any atom is 0.435 e. The second-order valence-corrected chi connectivity index (χ2v) is 4.94. The molecule has 10 heteroatoms. The van der Waals surface area contributed by atoms with E-state index in [1.54, 1.807) is 49.3 Å². The van der Waals surface area contributed by atoms with E-state index in [1.807, 2.05) is 0 Å². The Morgan fingerprint density at radius 3 is 2.52 bits per heavy atom. The van der Waals surface area contributed by atoms with Gasteiger partial charge in [0.1, 0.15) is 0 Å². The van der Waals surface area contributed by atoms with Gasteiger partial charge in [0.25, 0.3) is 0 Å². The SMILES string of the molecule is Cc1cn(C)c(-n2ccc(C(F)(F)F)n2)n1.O=CNc1cccnc1. The topological polar surface area (TPSA) is 77.6 Å². The summed E-state index contributed by atoms with van der Waals surface area (Å²) >= 11 is 0. The lowest BCUT2D eigenvalue weighted by Crippen LogP contribution is -2.09. The summed E-state index contributed by atoms with van der Waals surface area (Å²) in [5, 5.41) is 5.90. The summed E-state index contributed by atoms with van der Waals surface area (Å²) in [5.41, 5.74) is 0.516. The van der Waals surface area contributed by atoms with E-state index in [0.717, 1.165) is 16.4 Å². The molecular weight excluding hydrogens is 337 g/mol. The molecule has 0 saturated heterocycles. The number of nitrogens with one attached hydrogen (secondary N) is 1. The first-order chi connectivity index (χ1) is 11.8. The lowest BCUT2D eigenvalue weighted by molar-refractivity contribution is -0.141. The van der Waals surface area contributed by atoms with Crippen LogP contribution in [-0.2, 0) is 18.0 Å². The van der Waals surface area contributed by atoms with Crippen LogP contribution < -0.4 is 5.32 Å². The number of halogens is 3. The van der Waals surface area contributed by atoms with E-state index in [1.165, 1.54) is 6.20 Å². The lowest BCUT2D eigenvalue weighted by atomic mass is 10.4. The second kappa shape index (κ2) is 7.60. The van der Waals surface area contributed by atoms with Crippen LogP contribution in [0.25, 0.3) is 5.95 Å². The van der Waals surface area contributed by atoms with E-state index < -0.39 is 11.9 Å². The van der Waals surface area contributed by atoms with Crippen LogP contribution in [0.5, 0.6) is 0 Å². The maximum atomic E-state index is 12.3. The van der Waals surface area contributed by atoms with Crippen molar-refractivity contribution in [2.75, 3.05) is 5.32 Å². The van der Waals surface area contributed by atoms with Crippen molar-refractivity contribution in [2.24, 2.45) is 7.05 Å². The molecule has 0 atom stereocenters. The summed E-state index contributed by atoms with van der Waals surface area (Å²) < 4.78 is 39.7. The van der Waals surface area contributed by atoms with Gasteiger partial charge in [-0.15, -0.1) is 0 Å². The van der Waals surface area contributed by atoms with Crippen LogP contribution >= 0.6 is 0 Å². The number of imidazole rings is 1. The third-order valence-electron chi connectivity index (χ3n) is 2.94. The summed E-state index contributed by atoms with van der Waals surface area (Å²) in [4.78, 5) is 17.7. The molecule has 0 aliphatic rings. The standard InChI is InChI=1S/C9H9F3N4.C6H6N2O/c1-6-5-15(2)8(13-6)16-4-3-7(14-16)9(10,11)12;9-5-8-6-2-1-3-7-4-6/h3-5H,1-2H3;1-5H,(H,8,9). The number of anilines is 1. The zero-order valence-electron chi connectivity index (χ0n) is 13.4. The molecule has 0 spiro atoms. The van der Waals surface area contributed by atoms with Crippen molar-refractivity contribution >= 4 is 12.1 Å². The molecule has 3 heterocycles. The molecule has 0 aliphatic heterocycles. The third kappa shape index (κ3) is 4.90. The zero-order valence-corrected chi connectivity index (χ0v) is 13.4. The number of amides is 1. The average molecular weight is 352 g/mol. The van der Waals surface area contributed by atoms with Gasteiger partial charge in [-0.05, 0) is 25.1 Å². The Morgan fingerprint density at radius 2 is 2.04 bits per heavy atom. The smallest absolute Gasteiger partial charge is 0.327 e. The molecule has 0 aliphatic carbocycles. The Morgan fingerprint density at radius 1 is 1.28 bits per heavy atom. The van der Waals surface area contributed by atoms with Gasteiger partial charge < -0.3 is 9.88 Å². The predicted octanol–water partition coefficient (Wildman–Crippen LogP) is 2.58. The van der Waals surface area contributed by atoms with Gasteiger partial charge in [-0.1, -0.05) is 0 Å². The molecule has 0 radical (unpaired) electrons. The van der Waals surface area contributed by atoms with Crippen molar-refractivity contribution in [1.29, 1.82) is 0 Å². The van der Waals surface area contributed by atoms with E-state index in [9.17, 15) is 18.0 Å². The Balaban J connectivity index is 0.000000212. The minimum Gasteiger partial charge on any atom is -0.327 e. The van der Waals surface area contributed by atoms with E-state index in [0.29, 0.717) is 18.0 Å². The highest BCUT2D eigenvalue weighted by Crippen LogP contribution is 2.27. The monoisotopic (exact) mass is 352 g/mol. The predicted molar refractivity (Wildman–Crippen MR) is 84.0 cm³/mol. The molecule has 0 bridgehead atoms. The molecule has 0 aromatic carbocycles. The van der Waals surface area contributed by atoms with E-state index in [2.05, 4.69) is 20.4 Å². The van der Waals surface area contributed by atoms with Gasteiger partial charge >= 0.3 is 6.18 Å². The molecule has 1 amide bonds. The van der Waals surface area contributed by atoms with E-state index in [-0.39, 0.29) is 0 Å². The van der Waals surface area contributed by atoms with Gasteiger partial charge in [-0.3, -0.25) is 9.78 Å². The Labute approximate surface area is 141 Å². The van der Waals surface area contributed by atoms with Gasteiger partial charge in [0, 0.05) is 25.6 Å². The number of aromatic nitrogens is 5. The Kier molecular flexibility index (Phi) is 5.52. The van der Waals surface area contributed by atoms with Gasteiger partial charge in [0.05, 0.1) is 17.6 Å². The van der Waals surface area contributed by atoms with Crippen LogP contribution in [0.3, 0.4) is 0 Å². The quantitative estimate of drug-likeness (QED) is 0.735. The second-order valence-electron chi connectivity index (χ2n) is 4.94. The van der Waals surface area contributed by atoms with Crippen LogP contribution in [0.4, 0.5) is 18.9 Å². The van der Waals surface area contributed by atoms with Gasteiger partial charge in [-0.2, -0.15) is 18.3 Å². The number of hydrogen-bond donors (Lipinski definition) is 1. The van der Waals surface area contributed by atoms with Gasteiger partial charge in [0.15, 0.2) is 5.69 Å². The Bertz CT molecular complexity index is 825. The van der Waals surface area contributed by atoms with Crippen molar-refractivity contribution in [3.05, 3.63) is 54.4 Å². The normalized spacial score (nSPS) is 10.8. The van der Waals surface area contributed by atoms with Crippen molar-refractivity contribution in [1.82, 2.24) is 24.3 Å². The molecule has 7 nitrogen and oxygen atoms in total. The molecule has 1 N–H and O–H groups in total. The molecule has 3 rings (SSSR count). The number of aryl methyl sites for hydroxylation is 2. The highest BCUT2D eigenvalue weighted by Gasteiger charge is 2.33. The fourth-order valence-electron chi connectivity index (χ4n) is 1.92. The molecule has 0 saturated carbocycles. The first kappa shape index (κ1) is 18.2. The molecule has 0 unspecified atom stereocenters. The summed E-state index contributed by atoms with van der Waals surface area (Å²) in [6, 6.07) is 4.44. The highest BCUT2D eigenvalue weighted by atomic mass is 19.4. The first-order valence-corrected chi connectivity index (χ1v) is 7.04. The van der Waals surface area contributed by atoms with Crippen LogP contribution in [0.2, 0.25) is 0 Å². The van der Waals surface area contributed by atoms with Crippen LogP contribution in [0, 0.1) is 6.92 Å². The van der Waals surface area contributed by atoms with Crippen LogP contribution in [-0.4, -0.2) is 30.7 Å². The summed E-state index contributed by atoms with van der Waals surface area (Å²) in [5.74, 6) is 0.355. The van der Waals surface area contributed by atoms with Gasteiger partial charge in [-0.25, -0.2) is 9.67 Å². The fraction of sp³-hybridized carbons (Fsp3) is 0.200. The van der Waals surface area contributed by atoms with Crippen LogP contribution in [0.1, 0.15) is 11.4 Å². The number of hydrogen-bond acceptors (Lipinski definition) is 4. The number of carbonyl (C=O) groups excluding carboxylic acids is 1. The first-order valence-electron chi connectivity index (χ1n) is 7.04. The van der Waals surface area contributed by atoms with Gasteiger partial charge in [0.2, 0.25) is 12.4 Å². The zero-order chi connectivity index (χ0) is 18.4. The van der Waals surface area contributed by atoms with E-state index in [4.69, 9.17) is 0 Å². The fourth-order valence-corrected chi connectivity index (χ4v) is 1.92. The molecule has 3 aromatic rings. The van der Waals surface area contributed by atoms with Crippen molar-refractivity contribution in [3.8, 4) is 5.95 Å². The minimum absolute atomic E-state index is 0.355. The molecule has 25 heavy (non-hydrogen) atoms. The number of carbonyl (C=O) groups is 1. The Hall–Kier alpha value is -3.17. The highest BCUT2D eigenvalue weighted by molar-refractivity contribution is 5.70. The minimum atomic E-state index is -4.43. The summed E-state index contributed by atoms with van der Waals surface area (Å²) in [6.45, 7) is 1.76. The third-order valence-corrected chi connectivity index (χ3v) is 2.94. The van der Waals surface area contributed by atoms with Crippen LogP contribution in [0.15, 0.2) is 43.0 Å². The molecular formula is C15H15F3N6O.